The first-order valence-corrected chi connectivity index (χ1v) is 6.67. The van der Waals surface area contributed by atoms with E-state index in [2.05, 4.69) is 5.32 Å². The Bertz CT molecular complexity index is 578. The largest absolute Gasteiger partial charge is 0.545 e. The van der Waals surface area contributed by atoms with Crippen LogP contribution in [0.25, 0.3) is 0 Å². The van der Waals surface area contributed by atoms with Crippen molar-refractivity contribution in [3.63, 3.8) is 0 Å². The van der Waals surface area contributed by atoms with Crippen LogP contribution in [0.3, 0.4) is 0 Å². The van der Waals surface area contributed by atoms with Gasteiger partial charge in [-0.1, -0.05) is 24.3 Å². The summed E-state index contributed by atoms with van der Waals surface area (Å²) in [5.74, 6) is -1.50. The number of carbonyl (C=O) groups is 2. The molecule has 1 amide bonds. The van der Waals surface area contributed by atoms with Crippen LogP contribution >= 0.6 is 11.3 Å². The molecule has 19 heavy (non-hydrogen) atoms. The maximum atomic E-state index is 11.8. The molecule has 0 bridgehead atoms. The Morgan fingerprint density at radius 3 is 2.63 bits per heavy atom. The second-order valence-electron chi connectivity index (χ2n) is 3.96. The number of anilines is 1. The first kappa shape index (κ1) is 13.3. The average Bonchev–Trinajstić information content (AvgIpc) is 2.90. The monoisotopic (exact) mass is 274 g/mol. The predicted octanol–water partition coefficient (Wildman–Crippen LogP) is 1.68. The minimum Gasteiger partial charge on any atom is -0.545 e. The van der Waals surface area contributed by atoms with Crippen LogP contribution in [-0.4, -0.2) is 11.9 Å². The summed E-state index contributed by atoms with van der Waals surface area (Å²) in [5.41, 5.74) is 0.269. The molecule has 1 aromatic heterocycles. The minimum atomic E-state index is -1.30. The van der Waals surface area contributed by atoms with Crippen molar-refractivity contribution in [1.29, 1.82) is 0 Å². The van der Waals surface area contributed by atoms with Crippen LogP contribution in [0.5, 0.6) is 0 Å². The third-order valence-corrected chi connectivity index (χ3v) is 3.54. The third-order valence-electron chi connectivity index (χ3n) is 2.60. The van der Waals surface area contributed by atoms with Gasteiger partial charge in [-0.3, -0.25) is 4.79 Å². The van der Waals surface area contributed by atoms with Gasteiger partial charge in [-0.15, -0.1) is 11.3 Å². The Morgan fingerprint density at radius 2 is 1.95 bits per heavy atom. The van der Waals surface area contributed by atoms with E-state index in [1.54, 1.807) is 29.5 Å². The molecule has 0 aliphatic rings. The second-order valence-corrected chi connectivity index (χ2v) is 4.99. The summed E-state index contributed by atoms with van der Waals surface area (Å²) in [6.45, 7) is 0. The number of hydrogen-bond donors (Lipinski definition) is 1. The highest BCUT2D eigenvalue weighted by Crippen LogP contribution is 2.15. The summed E-state index contributed by atoms with van der Waals surface area (Å²) in [4.78, 5) is 23.8. The summed E-state index contributed by atoms with van der Waals surface area (Å²) in [5, 5.41) is 15.4. The Labute approximate surface area is 114 Å². The van der Waals surface area contributed by atoms with Crippen molar-refractivity contribution in [3.8, 4) is 0 Å². The van der Waals surface area contributed by atoms with Crippen LogP contribution < -0.4 is 10.4 Å². The third kappa shape index (κ3) is 3.66. The van der Waals surface area contributed by atoms with Gasteiger partial charge in [0.15, 0.2) is 0 Å². The molecule has 0 fully saturated rings. The Morgan fingerprint density at radius 1 is 1.16 bits per heavy atom. The first-order valence-electron chi connectivity index (χ1n) is 5.79. The lowest BCUT2D eigenvalue weighted by molar-refractivity contribution is -0.254. The molecule has 2 aromatic rings. The van der Waals surface area contributed by atoms with Gasteiger partial charge in [0.25, 0.3) is 0 Å². The van der Waals surface area contributed by atoms with Crippen molar-refractivity contribution < 1.29 is 14.7 Å². The van der Waals surface area contributed by atoms with Gasteiger partial charge >= 0.3 is 0 Å². The summed E-state index contributed by atoms with van der Waals surface area (Å²) < 4.78 is 0. The SMILES string of the molecule is O=C(CCc1cccs1)Nc1ccccc1C(=O)[O-]. The number of thiophene rings is 1. The van der Waals surface area contributed by atoms with Gasteiger partial charge in [-0.25, -0.2) is 0 Å². The molecular weight excluding hydrogens is 262 g/mol. The van der Waals surface area contributed by atoms with Crippen molar-refractivity contribution in [1.82, 2.24) is 0 Å². The van der Waals surface area contributed by atoms with Crippen LogP contribution in [0.1, 0.15) is 21.7 Å². The smallest absolute Gasteiger partial charge is 0.224 e. The van der Waals surface area contributed by atoms with E-state index in [1.807, 2.05) is 17.5 Å². The fourth-order valence-electron chi connectivity index (χ4n) is 1.67. The van der Waals surface area contributed by atoms with Crippen molar-refractivity contribution >= 4 is 28.9 Å². The van der Waals surface area contributed by atoms with Gasteiger partial charge in [0, 0.05) is 22.5 Å². The van der Waals surface area contributed by atoms with Crippen molar-refractivity contribution in [2.24, 2.45) is 0 Å². The fourth-order valence-corrected chi connectivity index (χ4v) is 2.38. The molecule has 0 spiro atoms. The number of carbonyl (C=O) groups excluding carboxylic acids is 2. The van der Waals surface area contributed by atoms with E-state index >= 15 is 0 Å². The molecule has 1 N–H and O–H groups in total. The summed E-state index contributed by atoms with van der Waals surface area (Å²) in [6.07, 6.45) is 0.971. The molecule has 0 unspecified atom stereocenters. The summed E-state index contributed by atoms with van der Waals surface area (Å²) >= 11 is 1.60. The van der Waals surface area contributed by atoms with Crippen LogP contribution in [-0.2, 0) is 11.2 Å². The number of benzene rings is 1. The van der Waals surface area contributed by atoms with Crippen LogP contribution in [0, 0.1) is 0 Å². The number of nitrogens with one attached hydrogen (secondary N) is 1. The molecule has 5 heteroatoms. The fraction of sp³-hybridized carbons (Fsp3) is 0.143. The molecule has 0 saturated heterocycles. The molecule has 98 valence electrons. The van der Waals surface area contributed by atoms with Gasteiger partial charge < -0.3 is 15.2 Å². The molecular formula is C14H12NO3S-. The Kier molecular flexibility index (Phi) is 4.30. The van der Waals surface area contributed by atoms with Gasteiger partial charge in [0.1, 0.15) is 0 Å². The second kappa shape index (κ2) is 6.15. The molecule has 0 saturated carbocycles. The molecule has 0 aliphatic heterocycles. The van der Waals surface area contributed by atoms with Crippen LogP contribution in [0.2, 0.25) is 0 Å². The van der Waals surface area contributed by atoms with Gasteiger partial charge in [0.2, 0.25) is 5.91 Å². The van der Waals surface area contributed by atoms with E-state index in [4.69, 9.17) is 0 Å². The van der Waals surface area contributed by atoms with E-state index < -0.39 is 5.97 Å². The highest BCUT2D eigenvalue weighted by Gasteiger charge is 2.07. The van der Waals surface area contributed by atoms with Crippen molar-refractivity contribution in [2.75, 3.05) is 5.32 Å². The molecule has 0 atom stereocenters. The lowest BCUT2D eigenvalue weighted by Crippen LogP contribution is -2.24. The van der Waals surface area contributed by atoms with E-state index in [9.17, 15) is 14.7 Å². The number of carboxylic acids is 1. The van der Waals surface area contributed by atoms with Crippen molar-refractivity contribution in [2.45, 2.75) is 12.8 Å². The zero-order valence-corrected chi connectivity index (χ0v) is 10.9. The van der Waals surface area contributed by atoms with E-state index in [1.165, 1.54) is 6.07 Å². The van der Waals surface area contributed by atoms with Crippen LogP contribution in [0.4, 0.5) is 5.69 Å². The van der Waals surface area contributed by atoms with E-state index in [0.717, 1.165) is 4.88 Å². The molecule has 0 radical (unpaired) electrons. The standard InChI is InChI=1S/C14H13NO3S/c16-13(8-7-10-4-3-9-19-10)15-12-6-2-1-5-11(12)14(17)18/h1-6,9H,7-8H2,(H,15,16)(H,17,18)/p-1. The number of amides is 1. The van der Waals surface area contributed by atoms with E-state index in [0.29, 0.717) is 12.8 Å². The zero-order chi connectivity index (χ0) is 13.7. The quantitative estimate of drug-likeness (QED) is 0.902. The lowest BCUT2D eigenvalue weighted by atomic mass is 10.1. The number of aromatic carboxylic acids is 1. The number of aryl methyl sites for hydroxylation is 1. The maximum absolute atomic E-state index is 11.8. The van der Waals surface area contributed by atoms with E-state index in [-0.39, 0.29) is 17.2 Å². The normalized spacial score (nSPS) is 10.1. The van der Waals surface area contributed by atoms with Gasteiger partial charge in [0.05, 0.1) is 5.97 Å². The highest BCUT2D eigenvalue weighted by molar-refractivity contribution is 7.09. The Hall–Kier alpha value is -2.14. The van der Waals surface area contributed by atoms with Crippen molar-refractivity contribution in [3.05, 3.63) is 52.2 Å². The van der Waals surface area contributed by atoms with Gasteiger partial charge in [-0.2, -0.15) is 0 Å². The average molecular weight is 274 g/mol. The zero-order valence-electron chi connectivity index (χ0n) is 10.1. The Balaban J connectivity index is 1.97. The highest BCUT2D eigenvalue weighted by atomic mass is 32.1. The number of para-hydroxylation sites is 1. The van der Waals surface area contributed by atoms with Crippen LogP contribution in [0.15, 0.2) is 41.8 Å². The maximum Gasteiger partial charge on any atom is 0.224 e. The number of carboxylic acid groups (broad SMARTS) is 1. The summed E-state index contributed by atoms with van der Waals surface area (Å²) in [6, 6.07) is 10.1. The minimum absolute atomic E-state index is 0.00743. The number of rotatable bonds is 5. The molecule has 2 rings (SSSR count). The molecule has 0 aliphatic carbocycles. The lowest BCUT2D eigenvalue weighted by Gasteiger charge is -2.11. The first-order chi connectivity index (χ1) is 9.16. The molecule has 1 aromatic carbocycles. The molecule has 4 nitrogen and oxygen atoms in total. The topological polar surface area (TPSA) is 69.2 Å². The predicted molar refractivity (Wildman–Crippen MR) is 72.0 cm³/mol. The molecule has 1 heterocycles. The summed E-state index contributed by atoms with van der Waals surface area (Å²) in [7, 11) is 0. The van der Waals surface area contributed by atoms with Gasteiger partial charge in [-0.05, 0) is 23.9 Å². The number of hydrogen-bond acceptors (Lipinski definition) is 4.